The van der Waals surface area contributed by atoms with Crippen molar-refractivity contribution >= 4 is 15.7 Å². The van der Waals surface area contributed by atoms with Crippen LogP contribution in [0.2, 0.25) is 0 Å². The number of imidazole rings is 1. The highest BCUT2D eigenvalue weighted by Gasteiger charge is 2.25. The fourth-order valence-corrected chi connectivity index (χ4v) is 3.21. The lowest BCUT2D eigenvalue weighted by molar-refractivity contribution is 0.452. The third kappa shape index (κ3) is 2.71. The topological polar surface area (TPSA) is 118 Å². The van der Waals surface area contributed by atoms with Crippen molar-refractivity contribution in [3.05, 3.63) is 41.1 Å². The van der Waals surface area contributed by atoms with Gasteiger partial charge in [0.25, 0.3) is 15.6 Å². The van der Waals surface area contributed by atoms with Gasteiger partial charge in [0.2, 0.25) is 5.65 Å². The molecule has 0 fully saturated rings. The minimum Gasteiger partial charge on any atom is -0.334 e. The van der Waals surface area contributed by atoms with Crippen molar-refractivity contribution in [3.8, 4) is 0 Å². The van der Waals surface area contributed by atoms with Gasteiger partial charge in [-0.05, 0) is 13.8 Å². The molecule has 0 bridgehead atoms. The summed E-state index contributed by atoms with van der Waals surface area (Å²) >= 11 is 0. The molecule has 0 aromatic carbocycles. The van der Waals surface area contributed by atoms with E-state index in [4.69, 9.17) is 0 Å². The summed E-state index contributed by atoms with van der Waals surface area (Å²) in [5, 5.41) is 7.64. The Bertz CT molecular complexity index is 1030. The van der Waals surface area contributed by atoms with Gasteiger partial charge < -0.3 is 9.55 Å². The predicted molar refractivity (Wildman–Crippen MR) is 84.9 cm³/mol. The van der Waals surface area contributed by atoms with Crippen LogP contribution in [-0.2, 0) is 16.6 Å². The maximum absolute atomic E-state index is 12.6. The molecule has 0 amide bonds. The van der Waals surface area contributed by atoms with E-state index in [9.17, 15) is 13.2 Å². The number of nitrogens with one attached hydrogen (secondary N) is 1. The highest BCUT2D eigenvalue weighted by Crippen LogP contribution is 2.16. The largest absolute Gasteiger partial charge is 0.334 e. The van der Waals surface area contributed by atoms with E-state index in [1.807, 2.05) is 13.8 Å². The Morgan fingerprint density at radius 3 is 2.75 bits per heavy atom. The Morgan fingerprint density at radius 2 is 2.08 bits per heavy atom. The Kier molecular flexibility index (Phi) is 3.97. The van der Waals surface area contributed by atoms with Crippen LogP contribution < -0.4 is 5.56 Å². The van der Waals surface area contributed by atoms with Crippen LogP contribution in [0, 0.1) is 0 Å². The maximum Gasteiger partial charge on any atom is 0.293 e. The van der Waals surface area contributed by atoms with Gasteiger partial charge in [-0.1, -0.05) is 0 Å². The lowest BCUT2D eigenvalue weighted by Gasteiger charge is -2.14. The molecule has 1 N–H and O–H groups in total. The highest BCUT2D eigenvalue weighted by molar-refractivity contribution is 7.89. The number of rotatable bonds is 5. The second-order valence-electron chi connectivity index (χ2n) is 5.61. The number of H-pyrrole nitrogens is 1. The second kappa shape index (κ2) is 5.83. The molecule has 128 valence electrons. The summed E-state index contributed by atoms with van der Waals surface area (Å²) in [7, 11) is -2.34. The summed E-state index contributed by atoms with van der Waals surface area (Å²) in [6.45, 7) is 3.82. The molecule has 3 aromatic rings. The van der Waals surface area contributed by atoms with Crippen molar-refractivity contribution in [1.82, 2.24) is 33.4 Å². The number of aromatic nitrogens is 6. The molecular weight excluding hydrogens is 334 g/mol. The Hall–Kier alpha value is -2.53. The van der Waals surface area contributed by atoms with Gasteiger partial charge in [0.05, 0.1) is 12.9 Å². The Balaban J connectivity index is 1.91. The van der Waals surface area contributed by atoms with Gasteiger partial charge in [0, 0.05) is 31.7 Å². The molecule has 0 aliphatic rings. The van der Waals surface area contributed by atoms with Crippen LogP contribution in [0.4, 0.5) is 0 Å². The number of hydrogen-bond donors (Lipinski definition) is 1. The first-order valence-corrected chi connectivity index (χ1v) is 8.66. The summed E-state index contributed by atoms with van der Waals surface area (Å²) in [5.74, 6) is 0.338. The molecule has 0 saturated carbocycles. The van der Waals surface area contributed by atoms with Gasteiger partial charge >= 0.3 is 0 Å². The number of fused-ring (bicyclic) bond motifs is 1. The average Bonchev–Trinajstić information content (AvgIpc) is 3.16. The molecule has 3 aromatic heterocycles. The van der Waals surface area contributed by atoms with Crippen LogP contribution in [0.5, 0.6) is 0 Å². The third-order valence-electron chi connectivity index (χ3n) is 3.62. The highest BCUT2D eigenvalue weighted by atomic mass is 32.2. The van der Waals surface area contributed by atoms with Gasteiger partial charge in [-0.2, -0.15) is 4.31 Å². The number of aromatic amines is 1. The third-order valence-corrected chi connectivity index (χ3v) is 5.31. The summed E-state index contributed by atoms with van der Waals surface area (Å²) in [5.41, 5.74) is -0.278. The van der Waals surface area contributed by atoms with Gasteiger partial charge in [-0.25, -0.2) is 13.4 Å². The van der Waals surface area contributed by atoms with Crippen molar-refractivity contribution < 1.29 is 8.42 Å². The molecule has 0 aliphatic heterocycles. The smallest absolute Gasteiger partial charge is 0.293 e. The number of nitrogens with zero attached hydrogens (tertiary/aromatic N) is 6. The van der Waals surface area contributed by atoms with E-state index in [-0.39, 0.29) is 23.3 Å². The van der Waals surface area contributed by atoms with Gasteiger partial charge in [-0.3, -0.25) is 9.20 Å². The number of sulfonamides is 1. The summed E-state index contributed by atoms with van der Waals surface area (Å²) in [4.78, 5) is 18.1. The SMILES string of the molecule is CC(C)n1cnc(S(=O)(=O)N(C)Cc2nnc3c(=O)[nH]ccn23)c1. The molecule has 0 atom stereocenters. The fourth-order valence-electron chi connectivity index (χ4n) is 2.17. The van der Waals surface area contributed by atoms with Crippen molar-refractivity contribution in [2.45, 2.75) is 31.5 Å². The van der Waals surface area contributed by atoms with Gasteiger partial charge in [0.1, 0.15) is 0 Å². The molecule has 10 nitrogen and oxygen atoms in total. The number of hydrogen-bond acceptors (Lipinski definition) is 6. The minimum absolute atomic E-state index is 0.0367. The zero-order valence-electron chi connectivity index (χ0n) is 13.4. The molecule has 0 saturated heterocycles. The van der Waals surface area contributed by atoms with Crippen LogP contribution in [-0.4, -0.2) is 48.9 Å². The maximum atomic E-state index is 12.6. The summed E-state index contributed by atoms with van der Waals surface area (Å²) < 4.78 is 29.5. The van der Waals surface area contributed by atoms with E-state index in [0.717, 1.165) is 4.31 Å². The molecule has 11 heteroatoms. The van der Waals surface area contributed by atoms with Crippen LogP contribution in [0.15, 0.2) is 34.7 Å². The molecular formula is C13H17N7O3S. The monoisotopic (exact) mass is 351 g/mol. The van der Waals surface area contributed by atoms with E-state index < -0.39 is 15.6 Å². The van der Waals surface area contributed by atoms with Gasteiger partial charge in [0.15, 0.2) is 10.9 Å². The standard InChI is InChI=1S/C13H17N7O3S/c1-9(2)19-7-11(15-8-19)24(22,23)18(3)6-10-16-17-12-13(21)14-4-5-20(10)12/h4-5,7-9H,6H2,1-3H3,(H,14,21). The first kappa shape index (κ1) is 16.3. The van der Waals surface area contributed by atoms with Gasteiger partial charge in [-0.15, -0.1) is 10.2 Å². The van der Waals surface area contributed by atoms with E-state index in [0.29, 0.717) is 5.82 Å². The van der Waals surface area contributed by atoms with Crippen molar-refractivity contribution in [2.75, 3.05) is 7.05 Å². The summed E-state index contributed by atoms with van der Waals surface area (Å²) in [6, 6.07) is 0.110. The van der Waals surface area contributed by atoms with Crippen LogP contribution in [0.3, 0.4) is 0 Å². The molecule has 3 rings (SSSR count). The minimum atomic E-state index is -3.77. The molecule has 0 radical (unpaired) electrons. The predicted octanol–water partition coefficient (Wildman–Crippen LogP) is 0.0157. The summed E-state index contributed by atoms with van der Waals surface area (Å²) in [6.07, 6.45) is 5.99. The van der Waals surface area contributed by atoms with Crippen molar-refractivity contribution in [3.63, 3.8) is 0 Å². The van der Waals surface area contributed by atoms with Crippen molar-refractivity contribution in [1.29, 1.82) is 0 Å². The van der Waals surface area contributed by atoms with E-state index in [1.54, 1.807) is 10.8 Å². The molecule has 0 unspecified atom stereocenters. The van der Waals surface area contributed by atoms with E-state index in [1.165, 1.54) is 30.2 Å². The fraction of sp³-hybridized carbons (Fsp3) is 0.385. The molecule has 0 aliphatic carbocycles. The lowest BCUT2D eigenvalue weighted by atomic mass is 10.4. The Labute approximate surface area is 137 Å². The van der Waals surface area contributed by atoms with Crippen LogP contribution in [0.25, 0.3) is 5.65 Å². The average molecular weight is 351 g/mol. The van der Waals surface area contributed by atoms with Crippen LogP contribution >= 0.6 is 0 Å². The molecule has 0 spiro atoms. The van der Waals surface area contributed by atoms with E-state index in [2.05, 4.69) is 20.2 Å². The second-order valence-corrected chi connectivity index (χ2v) is 7.60. The Morgan fingerprint density at radius 1 is 1.33 bits per heavy atom. The first-order valence-electron chi connectivity index (χ1n) is 7.22. The normalized spacial score (nSPS) is 12.5. The zero-order chi connectivity index (χ0) is 17.5. The lowest BCUT2D eigenvalue weighted by Crippen LogP contribution is -2.28. The van der Waals surface area contributed by atoms with Crippen molar-refractivity contribution in [2.24, 2.45) is 0 Å². The zero-order valence-corrected chi connectivity index (χ0v) is 14.2. The van der Waals surface area contributed by atoms with Crippen LogP contribution in [0.1, 0.15) is 25.7 Å². The quantitative estimate of drug-likeness (QED) is 0.692. The first-order chi connectivity index (χ1) is 11.3. The van der Waals surface area contributed by atoms with E-state index >= 15 is 0 Å². The molecule has 24 heavy (non-hydrogen) atoms. The molecule has 3 heterocycles.